The highest BCUT2D eigenvalue weighted by Gasteiger charge is 2.37. The lowest BCUT2D eigenvalue weighted by atomic mass is 10.2. The molecule has 0 saturated carbocycles. The van der Waals surface area contributed by atoms with Crippen molar-refractivity contribution in [3.8, 4) is 0 Å². The van der Waals surface area contributed by atoms with Crippen molar-refractivity contribution in [1.82, 2.24) is 25.3 Å². The number of amides is 1. The van der Waals surface area contributed by atoms with Gasteiger partial charge in [0.1, 0.15) is 5.56 Å². The van der Waals surface area contributed by atoms with E-state index in [1.54, 1.807) is 0 Å². The predicted molar refractivity (Wildman–Crippen MR) is 131 cm³/mol. The SMILES string of the molecule is CNC(=O)c1ccc(Nc2ncc(C(F)(F)F)c(N(C)c3nccnc3N(C)S(C)(=O)=O)n2)cc1.Cl. The van der Waals surface area contributed by atoms with Gasteiger partial charge in [-0.2, -0.15) is 18.2 Å². The van der Waals surface area contributed by atoms with Crippen molar-refractivity contribution in [3.63, 3.8) is 0 Å². The number of hydrogen-bond acceptors (Lipinski definition) is 9. The van der Waals surface area contributed by atoms with Crippen LogP contribution in [0.15, 0.2) is 42.9 Å². The molecule has 1 aromatic carbocycles. The third kappa shape index (κ3) is 6.28. The molecule has 0 spiro atoms. The second-order valence-corrected chi connectivity index (χ2v) is 9.22. The summed E-state index contributed by atoms with van der Waals surface area (Å²) in [6.07, 6.45) is -0.852. The molecule has 1 amide bonds. The molecule has 0 fully saturated rings. The van der Waals surface area contributed by atoms with Gasteiger partial charge in [-0.15, -0.1) is 12.4 Å². The average Bonchev–Trinajstić information content (AvgIpc) is 2.81. The topological polar surface area (TPSA) is 133 Å². The van der Waals surface area contributed by atoms with E-state index in [1.165, 1.54) is 57.8 Å². The Labute approximate surface area is 211 Å². The molecule has 0 bridgehead atoms. The van der Waals surface area contributed by atoms with E-state index in [2.05, 4.69) is 30.6 Å². The van der Waals surface area contributed by atoms with E-state index in [9.17, 15) is 26.4 Å². The second kappa shape index (κ2) is 10.9. The fourth-order valence-corrected chi connectivity index (χ4v) is 3.35. The normalized spacial score (nSPS) is 11.3. The van der Waals surface area contributed by atoms with Gasteiger partial charge < -0.3 is 15.5 Å². The van der Waals surface area contributed by atoms with E-state index in [1.807, 2.05) is 0 Å². The van der Waals surface area contributed by atoms with Crippen LogP contribution in [0, 0.1) is 0 Å². The van der Waals surface area contributed by atoms with Crippen LogP contribution in [0.1, 0.15) is 15.9 Å². The van der Waals surface area contributed by atoms with Crippen LogP contribution in [0.2, 0.25) is 0 Å². The van der Waals surface area contributed by atoms with Gasteiger partial charge in [-0.25, -0.2) is 23.4 Å². The lowest BCUT2D eigenvalue weighted by Crippen LogP contribution is -2.29. The van der Waals surface area contributed by atoms with E-state index in [0.717, 1.165) is 15.5 Å². The Bertz CT molecular complexity index is 1340. The Balaban J connectivity index is 0.00000456. The number of carbonyl (C=O) groups is 1. The highest BCUT2D eigenvalue weighted by molar-refractivity contribution is 7.92. The first-order chi connectivity index (χ1) is 16.3. The minimum atomic E-state index is -4.82. The summed E-state index contributed by atoms with van der Waals surface area (Å²) in [6.45, 7) is 0. The maximum Gasteiger partial charge on any atom is 0.421 e. The minimum absolute atomic E-state index is 0. The molecular formula is C20H22ClF3N8O3S. The standard InChI is InChI=1S/C20H21F3N8O3S.ClH/c1-24-18(32)12-5-7-13(8-6-12)28-19-27-11-14(20(21,22)23)15(29-19)30(2)16-17(26-10-9-25-16)31(3)35(4,33)34;/h5-11H,1-4H3,(H,24,32)(H,27,28,29);1H. The summed E-state index contributed by atoms with van der Waals surface area (Å²) in [6, 6.07) is 6.12. The monoisotopic (exact) mass is 546 g/mol. The highest BCUT2D eigenvalue weighted by atomic mass is 35.5. The fraction of sp³-hybridized carbons (Fsp3) is 0.250. The first kappa shape index (κ1) is 28.5. The molecule has 194 valence electrons. The number of halogens is 4. The predicted octanol–water partition coefficient (Wildman–Crippen LogP) is 2.97. The van der Waals surface area contributed by atoms with Crippen molar-refractivity contribution in [2.75, 3.05) is 41.9 Å². The highest BCUT2D eigenvalue weighted by Crippen LogP contribution is 2.39. The molecule has 2 heterocycles. The van der Waals surface area contributed by atoms with Crippen LogP contribution in [0.5, 0.6) is 0 Å². The third-order valence-corrected chi connectivity index (χ3v) is 5.96. The van der Waals surface area contributed by atoms with Gasteiger partial charge >= 0.3 is 6.18 Å². The first-order valence-corrected chi connectivity index (χ1v) is 11.7. The van der Waals surface area contributed by atoms with Gasteiger partial charge in [-0.1, -0.05) is 0 Å². The number of alkyl halides is 3. The molecule has 2 aromatic heterocycles. The number of carbonyl (C=O) groups excluding carboxylic acids is 1. The largest absolute Gasteiger partial charge is 0.421 e. The molecule has 16 heteroatoms. The Morgan fingerprint density at radius 3 is 2.08 bits per heavy atom. The van der Waals surface area contributed by atoms with Crippen molar-refractivity contribution in [3.05, 3.63) is 54.0 Å². The van der Waals surface area contributed by atoms with Crippen LogP contribution >= 0.6 is 12.4 Å². The number of nitrogens with one attached hydrogen (secondary N) is 2. The van der Waals surface area contributed by atoms with Crippen molar-refractivity contribution < 1.29 is 26.4 Å². The summed E-state index contributed by atoms with van der Waals surface area (Å²) in [5.74, 6) is -1.42. The molecule has 0 aliphatic heterocycles. The van der Waals surface area contributed by atoms with Gasteiger partial charge in [0.2, 0.25) is 16.0 Å². The molecule has 0 aliphatic rings. The first-order valence-electron chi connectivity index (χ1n) is 9.85. The van der Waals surface area contributed by atoms with E-state index in [-0.39, 0.29) is 35.9 Å². The zero-order chi connectivity index (χ0) is 26.0. The summed E-state index contributed by atoms with van der Waals surface area (Å²) < 4.78 is 66.2. The van der Waals surface area contributed by atoms with Crippen LogP contribution < -0.4 is 19.8 Å². The number of hydrogen-bond donors (Lipinski definition) is 2. The summed E-state index contributed by atoms with van der Waals surface area (Å²) in [5.41, 5.74) is -0.362. The van der Waals surface area contributed by atoms with Crippen LogP contribution in [0.4, 0.5) is 42.3 Å². The van der Waals surface area contributed by atoms with Gasteiger partial charge in [0, 0.05) is 51.0 Å². The molecule has 0 atom stereocenters. The third-order valence-electron chi connectivity index (χ3n) is 4.80. The van der Waals surface area contributed by atoms with Crippen LogP contribution in [-0.2, 0) is 16.2 Å². The Morgan fingerprint density at radius 2 is 1.56 bits per heavy atom. The van der Waals surface area contributed by atoms with E-state index < -0.39 is 27.6 Å². The number of anilines is 5. The molecule has 3 rings (SSSR count). The maximum atomic E-state index is 13.8. The average molecular weight is 547 g/mol. The van der Waals surface area contributed by atoms with Gasteiger partial charge in [0.25, 0.3) is 5.91 Å². The maximum absolute atomic E-state index is 13.8. The van der Waals surface area contributed by atoms with Crippen LogP contribution in [0.3, 0.4) is 0 Å². The smallest absolute Gasteiger partial charge is 0.355 e. The number of sulfonamides is 1. The fourth-order valence-electron chi connectivity index (χ4n) is 2.91. The van der Waals surface area contributed by atoms with E-state index >= 15 is 0 Å². The zero-order valence-corrected chi connectivity index (χ0v) is 21.0. The van der Waals surface area contributed by atoms with Crippen molar-refractivity contribution in [2.24, 2.45) is 0 Å². The number of rotatable bonds is 7. The molecule has 0 radical (unpaired) electrons. The second-order valence-electron chi connectivity index (χ2n) is 7.20. The molecule has 3 aromatic rings. The number of aromatic nitrogens is 4. The molecule has 36 heavy (non-hydrogen) atoms. The van der Waals surface area contributed by atoms with Gasteiger partial charge in [0.15, 0.2) is 17.5 Å². The van der Waals surface area contributed by atoms with E-state index in [0.29, 0.717) is 17.4 Å². The van der Waals surface area contributed by atoms with Gasteiger partial charge in [-0.3, -0.25) is 9.10 Å². The van der Waals surface area contributed by atoms with Crippen molar-refractivity contribution in [1.29, 1.82) is 0 Å². The van der Waals surface area contributed by atoms with Crippen LogP contribution in [-0.4, -0.2) is 61.7 Å². The van der Waals surface area contributed by atoms with Gasteiger partial charge in [-0.05, 0) is 24.3 Å². The molecule has 0 unspecified atom stereocenters. The van der Waals surface area contributed by atoms with E-state index in [4.69, 9.17) is 0 Å². The molecule has 2 N–H and O–H groups in total. The summed E-state index contributed by atoms with van der Waals surface area (Å²) in [7, 11) is 0.158. The summed E-state index contributed by atoms with van der Waals surface area (Å²) >= 11 is 0. The summed E-state index contributed by atoms with van der Waals surface area (Å²) in [4.78, 5) is 28.4. The Hall–Kier alpha value is -3.72. The lowest BCUT2D eigenvalue weighted by Gasteiger charge is -2.25. The number of nitrogens with zero attached hydrogens (tertiary/aromatic N) is 6. The van der Waals surface area contributed by atoms with Crippen LogP contribution in [0.25, 0.3) is 0 Å². The quantitative estimate of drug-likeness (QED) is 0.458. The Kier molecular flexibility index (Phi) is 8.64. The zero-order valence-electron chi connectivity index (χ0n) is 19.4. The molecule has 11 nitrogen and oxygen atoms in total. The molecule has 0 saturated heterocycles. The van der Waals surface area contributed by atoms with Crippen molar-refractivity contribution >= 4 is 57.4 Å². The minimum Gasteiger partial charge on any atom is -0.355 e. The Morgan fingerprint density at radius 1 is 0.972 bits per heavy atom. The van der Waals surface area contributed by atoms with Crippen molar-refractivity contribution in [2.45, 2.75) is 6.18 Å². The molecular weight excluding hydrogens is 525 g/mol. The molecule has 0 aliphatic carbocycles. The van der Waals surface area contributed by atoms with Gasteiger partial charge in [0.05, 0.1) is 6.26 Å². The summed E-state index contributed by atoms with van der Waals surface area (Å²) in [5, 5.41) is 5.26. The lowest BCUT2D eigenvalue weighted by molar-refractivity contribution is -0.137. The number of benzene rings is 1.